The van der Waals surface area contributed by atoms with Gasteiger partial charge in [0, 0.05) is 32.1 Å². The summed E-state index contributed by atoms with van der Waals surface area (Å²) in [7, 11) is 0. The van der Waals surface area contributed by atoms with Gasteiger partial charge in [-0.2, -0.15) is 5.26 Å². The summed E-state index contributed by atoms with van der Waals surface area (Å²) >= 11 is 0. The van der Waals surface area contributed by atoms with Crippen molar-refractivity contribution in [1.82, 2.24) is 15.6 Å². The highest BCUT2D eigenvalue weighted by molar-refractivity contribution is 5.82. The van der Waals surface area contributed by atoms with E-state index < -0.39 is 6.29 Å². The number of hydrogen-bond acceptors (Lipinski definition) is 6. The Balaban J connectivity index is 1.49. The Morgan fingerprint density at radius 2 is 1.60 bits per heavy atom. The maximum absolute atomic E-state index is 11.8. The number of carbonyl (C=O) groups is 1. The van der Waals surface area contributed by atoms with Gasteiger partial charge in [-0.05, 0) is 37.8 Å². The van der Waals surface area contributed by atoms with Crippen molar-refractivity contribution in [3.63, 3.8) is 0 Å². The van der Waals surface area contributed by atoms with Crippen LogP contribution < -0.4 is 20.7 Å². The summed E-state index contributed by atoms with van der Waals surface area (Å²) in [6.07, 6.45) is 13.4. The lowest BCUT2D eigenvalue weighted by molar-refractivity contribution is -0.119. The van der Waals surface area contributed by atoms with E-state index in [1.165, 1.54) is 51.9 Å². The van der Waals surface area contributed by atoms with Gasteiger partial charge in [0.2, 0.25) is 12.2 Å². The molecule has 1 atom stereocenters. The highest BCUT2D eigenvalue weighted by Gasteiger charge is 2.41. The largest absolute Gasteiger partial charge is 0.327 e. The van der Waals surface area contributed by atoms with Crippen LogP contribution in [-0.4, -0.2) is 42.3 Å². The molecule has 4 rings (SSSR count). The minimum atomic E-state index is -0.394. The smallest absolute Gasteiger partial charge is 0.235 e. The van der Waals surface area contributed by atoms with Crippen LogP contribution in [0.1, 0.15) is 64.7 Å². The molecule has 1 saturated carbocycles. The summed E-state index contributed by atoms with van der Waals surface area (Å²) in [5.41, 5.74) is 4.91. The van der Waals surface area contributed by atoms with Crippen molar-refractivity contribution in [2.45, 2.75) is 83.1 Å². The number of hydrazine groups is 1. The number of carbonyl (C=O) groups excluding carboxylic acids is 1. The maximum atomic E-state index is 11.8. The van der Waals surface area contributed by atoms with Gasteiger partial charge in [0.1, 0.15) is 0 Å². The van der Waals surface area contributed by atoms with E-state index in [0.717, 1.165) is 43.3 Å². The summed E-state index contributed by atoms with van der Waals surface area (Å²) in [5.74, 6) is -0.143. The highest BCUT2D eigenvalue weighted by Crippen LogP contribution is 2.41. The van der Waals surface area contributed by atoms with E-state index in [0.29, 0.717) is 6.04 Å². The quantitative estimate of drug-likeness (QED) is 0.586. The summed E-state index contributed by atoms with van der Waals surface area (Å²) in [5, 5.41) is 14.1. The molecule has 162 valence electrons. The predicted octanol–water partition coefficient (Wildman–Crippen LogP) is 3.30. The summed E-state index contributed by atoms with van der Waals surface area (Å²) in [6.45, 7) is 3.71. The van der Waals surface area contributed by atoms with Crippen molar-refractivity contribution in [2.75, 3.05) is 23.0 Å². The van der Waals surface area contributed by atoms with Crippen LogP contribution in [0, 0.1) is 11.5 Å². The molecule has 30 heavy (non-hydrogen) atoms. The van der Waals surface area contributed by atoms with E-state index in [9.17, 15) is 10.1 Å². The Morgan fingerprint density at radius 1 is 0.967 bits per heavy atom. The zero-order valence-electron chi connectivity index (χ0n) is 18.0. The molecule has 0 radical (unpaired) electrons. The van der Waals surface area contributed by atoms with Crippen LogP contribution in [0.2, 0.25) is 0 Å². The normalized spacial score (nSPS) is 23.9. The molecule has 1 aromatic carbocycles. The van der Waals surface area contributed by atoms with Crippen LogP contribution in [0.5, 0.6) is 0 Å². The second-order valence-corrected chi connectivity index (χ2v) is 8.83. The first-order valence-corrected chi connectivity index (χ1v) is 11.5. The first kappa shape index (κ1) is 20.8. The third kappa shape index (κ3) is 4.34. The molecular weight excluding hydrogens is 376 g/mol. The molecule has 2 N–H and O–H groups in total. The molecule has 1 aromatic rings. The van der Waals surface area contributed by atoms with Crippen LogP contribution in [-0.2, 0) is 4.79 Å². The molecule has 7 heteroatoms. The molecule has 2 fully saturated rings. The molecule has 1 aliphatic carbocycles. The SMILES string of the molecule is CC(=O)NN1c2ccccc2N(C2CCN(C3CCCCCCC3)CC2)C1NC#N. The van der Waals surface area contributed by atoms with Crippen LogP contribution in [0.15, 0.2) is 24.3 Å². The number of fused-ring (bicyclic) bond motifs is 1. The fourth-order valence-electron chi connectivity index (χ4n) is 5.48. The van der Waals surface area contributed by atoms with Crippen LogP contribution in [0.4, 0.5) is 11.4 Å². The lowest BCUT2D eigenvalue weighted by atomic mass is 9.93. The molecule has 2 heterocycles. The van der Waals surface area contributed by atoms with Gasteiger partial charge in [-0.15, -0.1) is 0 Å². The number of nitrogens with one attached hydrogen (secondary N) is 2. The Hall–Kier alpha value is -2.46. The van der Waals surface area contributed by atoms with Crippen molar-refractivity contribution in [3.8, 4) is 6.19 Å². The van der Waals surface area contributed by atoms with E-state index >= 15 is 0 Å². The third-order valence-electron chi connectivity index (χ3n) is 6.88. The van der Waals surface area contributed by atoms with Crippen molar-refractivity contribution in [2.24, 2.45) is 0 Å². The second kappa shape index (κ2) is 9.57. The molecule has 2 aliphatic heterocycles. The molecular formula is C23H34N6O. The van der Waals surface area contributed by atoms with E-state index in [4.69, 9.17) is 0 Å². The lowest BCUT2D eigenvalue weighted by Crippen LogP contribution is -2.61. The van der Waals surface area contributed by atoms with E-state index in [1.807, 2.05) is 18.2 Å². The zero-order valence-corrected chi connectivity index (χ0v) is 18.0. The number of anilines is 2. The first-order chi connectivity index (χ1) is 14.7. The Kier molecular flexibility index (Phi) is 6.63. The monoisotopic (exact) mass is 410 g/mol. The number of likely N-dealkylation sites (tertiary alicyclic amines) is 1. The van der Waals surface area contributed by atoms with Crippen molar-refractivity contribution >= 4 is 17.3 Å². The van der Waals surface area contributed by atoms with E-state index in [1.54, 1.807) is 5.01 Å². The number of rotatable bonds is 4. The number of nitrogens with zero attached hydrogens (tertiary/aromatic N) is 4. The molecule has 0 spiro atoms. The Morgan fingerprint density at radius 3 is 2.23 bits per heavy atom. The minimum Gasteiger partial charge on any atom is -0.327 e. The second-order valence-electron chi connectivity index (χ2n) is 8.83. The summed E-state index contributed by atoms with van der Waals surface area (Å²) in [6, 6.07) is 9.15. The molecule has 0 aromatic heterocycles. The van der Waals surface area contributed by atoms with Gasteiger partial charge in [0.05, 0.1) is 11.4 Å². The Bertz CT molecular complexity index is 761. The maximum Gasteiger partial charge on any atom is 0.235 e. The molecule has 7 nitrogen and oxygen atoms in total. The standard InChI is InChI=1S/C23H34N6O/c1-18(30)26-29-22-12-8-7-11-21(22)28(23(29)25-17-24)20-13-15-27(16-14-20)19-9-5-3-2-4-6-10-19/h7-8,11-12,19-20,23,25H,2-6,9-10,13-16H2,1H3,(H,26,30). The third-order valence-corrected chi connectivity index (χ3v) is 6.88. The average Bonchev–Trinajstić information content (AvgIpc) is 3.01. The van der Waals surface area contributed by atoms with Gasteiger partial charge in [-0.25, -0.2) is 5.01 Å². The zero-order chi connectivity index (χ0) is 20.9. The van der Waals surface area contributed by atoms with Crippen LogP contribution in [0.3, 0.4) is 0 Å². The van der Waals surface area contributed by atoms with Gasteiger partial charge in [-0.3, -0.25) is 15.5 Å². The number of piperidine rings is 1. The summed E-state index contributed by atoms with van der Waals surface area (Å²) < 4.78 is 0. The summed E-state index contributed by atoms with van der Waals surface area (Å²) in [4.78, 5) is 16.8. The predicted molar refractivity (Wildman–Crippen MR) is 118 cm³/mol. The number of hydrogen-bond donors (Lipinski definition) is 2. The number of amides is 1. The van der Waals surface area contributed by atoms with Crippen LogP contribution in [0.25, 0.3) is 0 Å². The number of benzene rings is 1. The van der Waals surface area contributed by atoms with Gasteiger partial charge in [0.15, 0.2) is 6.19 Å². The van der Waals surface area contributed by atoms with Gasteiger partial charge in [-0.1, -0.05) is 44.2 Å². The highest BCUT2D eigenvalue weighted by atomic mass is 16.2. The number of nitriles is 1. The van der Waals surface area contributed by atoms with Crippen LogP contribution >= 0.6 is 0 Å². The molecule has 3 aliphatic rings. The average molecular weight is 411 g/mol. The van der Waals surface area contributed by atoms with E-state index in [-0.39, 0.29) is 5.91 Å². The fourth-order valence-corrected chi connectivity index (χ4v) is 5.48. The van der Waals surface area contributed by atoms with Crippen molar-refractivity contribution < 1.29 is 4.79 Å². The molecule has 0 bridgehead atoms. The van der Waals surface area contributed by atoms with Gasteiger partial charge in [0.25, 0.3) is 0 Å². The molecule has 1 amide bonds. The Labute approximate surface area is 180 Å². The minimum absolute atomic E-state index is 0.143. The topological polar surface area (TPSA) is 74.6 Å². The van der Waals surface area contributed by atoms with Crippen molar-refractivity contribution in [3.05, 3.63) is 24.3 Å². The van der Waals surface area contributed by atoms with Gasteiger partial charge < -0.3 is 9.80 Å². The van der Waals surface area contributed by atoms with Gasteiger partial charge >= 0.3 is 0 Å². The number of para-hydroxylation sites is 2. The lowest BCUT2D eigenvalue weighted by Gasteiger charge is -2.43. The fraction of sp³-hybridized carbons (Fsp3) is 0.652. The molecule has 1 saturated heterocycles. The van der Waals surface area contributed by atoms with E-state index in [2.05, 4.69) is 32.8 Å². The molecule has 1 unspecified atom stereocenters. The van der Waals surface area contributed by atoms with Crippen molar-refractivity contribution in [1.29, 1.82) is 5.26 Å². The first-order valence-electron chi connectivity index (χ1n) is 11.5.